The van der Waals surface area contributed by atoms with Crippen LogP contribution in [0.1, 0.15) is 49.4 Å². The number of benzene rings is 1. The van der Waals surface area contributed by atoms with Gasteiger partial charge in [-0.05, 0) is 55.9 Å². The van der Waals surface area contributed by atoms with Crippen LogP contribution in [0.25, 0.3) is 0 Å². The first-order valence-electron chi connectivity index (χ1n) is 10.9. The zero-order valence-electron chi connectivity index (χ0n) is 18.1. The van der Waals surface area contributed by atoms with Crippen molar-refractivity contribution in [3.8, 4) is 0 Å². The number of carbonyl (C=O) groups excluding carboxylic acids is 2. The van der Waals surface area contributed by atoms with Gasteiger partial charge < -0.3 is 10.2 Å². The smallest absolute Gasteiger partial charge is 0.253 e. The van der Waals surface area contributed by atoms with Gasteiger partial charge in [0.05, 0.1) is 0 Å². The average Bonchev–Trinajstić information content (AvgIpc) is 2.79. The molecule has 0 unspecified atom stereocenters. The second kappa shape index (κ2) is 13.4. The molecule has 2 amide bonds. The van der Waals surface area contributed by atoms with Crippen molar-refractivity contribution >= 4 is 11.8 Å². The number of allylic oxidation sites excluding steroid dienone is 6. The normalized spacial score (nSPS) is 15.6. The number of amides is 2. The van der Waals surface area contributed by atoms with Gasteiger partial charge >= 0.3 is 0 Å². The molecule has 2 rings (SSSR count). The highest BCUT2D eigenvalue weighted by molar-refractivity contribution is 5.94. The Hall–Kier alpha value is -2.88. The number of nitrogens with one attached hydrogen (secondary N) is 1. The van der Waals surface area contributed by atoms with Gasteiger partial charge in [-0.15, -0.1) is 0 Å². The Labute approximate surface area is 181 Å². The largest absolute Gasteiger partial charge is 0.353 e. The monoisotopic (exact) mass is 406 g/mol. The summed E-state index contributed by atoms with van der Waals surface area (Å²) in [7, 11) is 0. The summed E-state index contributed by atoms with van der Waals surface area (Å²) < 4.78 is 0. The minimum absolute atomic E-state index is 0.0732. The Balaban J connectivity index is 1.59. The summed E-state index contributed by atoms with van der Waals surface area (Å²) >= 11 is 0. The van der Waals surface area contributed by atoms with Gasteiger partial charge in [0.1, 0.15) is 0 Å². The van der Waals surface area contributed by atoms with Crippen molar-refractivity contribution in [1.29, 1.82) is 0 Å². The Morgan fingerprint density at radius 1 is 1.13 bits per heavy atom. The number of hydrogen-bond acceptors (Lipinski definition) is 2. The van der Waals surface area contributed by atoms with Crippen LogP contribution in [0.5, 0.6) is 0 Å². The third-order valence-corrected chi connectivity index (χ3v) is 5.40. The fourth-order valence-electron chi connectivity index (χ4n) is 3.59. The van der Waals surface area contributed by atoms with Crippen LogP contribution in [-0.4, -0.2) is 36.3 Å². The molecule has 1 aromatic carbocycles. The predicted octanol–water partition coefficient (Wildman–Crippen LogP) is 5.07. The first-order valence-corrected chi connectivity index (χ1v) is 10.9. The summed E-state index contributed by atoms with van der Waals surface area (Å²) in [4.78, 5) is 26.4. The summed E-state index contributed by atoms with van der Waals surface area (Å²) in [6.45, 7) is 8.06. The van der Waals surface area contributed by atoms with Crippen molar-refractivity contribution in [2.24, 2.45) is 5.92 Å². The van der Waals surface area contributed by atoms with E-state index in [-0.39, 0.29) is 11.8 Å². The van der Waals surface area contributed by atoms with Crippen LogP contribution < -0.4 is 5.32 Å². The minimum atomic E-state index is -0.0732. The van der Waals surface area contributed by atoms with E-state index < -0.39 is 0 Å². The van der Waals surface area contributed by atoms with Crippen molar-refractivity contribution in [1.82, 2.24) is 10.2 Å². The molecule has 1 fully saturated rings. The van der Waals surface area contributed by atoms with Crippen LogP contribution in [0.2, 0.25) is 0 Å². The number of nitrogens with zero attached hydrogens (tertiary/aromatic N) is 1. The molecule has 1 aromatic rings. The molecule has 0 aromatic heterocycles. The third-order valence-electron chi connectivity index (χ3n) is 5.40. The van der Waals surface area contributed by atoms with Gasteiger partial charge in [-0.3, -0.25) is 9.59 Å². The van der Waals surface area contributed by atoms with Gasteiger partial charge in [0.2, 0.25) is 5.91 Å². The van der Waals surface area contributed by atoms with Crippen LogP contribution in [-0.2, 0) is 4.79 Å². The van der Waals surface area contributed by atoms with E-state index in [1.807, 2.05) is 60.4 Å². The van der Waals surface area contributed by atoms with E-state index in [0.29, 0.717) is 12.5 Å². The van der Waals surface area contributed by atoms with Crippen LogP contribution in [0.4, 0.5) is 0 Å². The molecule has 4 nitrogen and oxygen atoms in total. The Morgan fingerprint density at radius 3 is 2.53 bits per heavy atom. The molecule has 1 heterocycles. The van der Waals surface area contributed by atoms with Crippen molar-refractivity contribution in [2.45, 2.75) is 39.0 Å². The SMILES string of the molecule is C=CC(/C=C/C(=O)NCCCCC1CCN(C(=O)c2ccccc2)CC1)=C\C=C/C. The molecule has 0 atom stereocenters. The zero-order valence-corrected chi connectivity index (χ0v) is 18.1. The highest BCUT2D eigenvalue weighted by Gasteiger charge is 2.23. The fraction of sp³-hybridized carbons (Fsp3) is 0.385. The van der Waals surface area contributed by atoms with Gasteiger partial charge in [-0.2, -0.15) is 0 Å². The van der Waals surface area contributed by atoms with E-state index in [1.165, 1.54) is 0 Å². The topological polar surface area (TPSA) is 49.4 Å². The highest BCUT2D eigenvalue weighted by atomic mass is 16.2. The molecule has 160 valence electrons. The van der Waals surface area contributed by atoms with Crippen molar-refractivity contribution in [2.75, 3.05) is 19.6 Å². The van der Waals surface area contributed by atoms with Gasteiger partial charge in [0, 0.05) is 31.3 Å². The number of rotatable bonds is 10. The summed E-state index contributed by atoms with van der Waals surface area (Å²) in [5.74, 6) is 0.744. The summed E-state index contributed by atoms with van der Waals surface area (Å²) in [5.41, 5.74) is 1.68. The molecule has 0 bridgehead atoms. The van der Waals surface area contributed by atoms with Gasteiger partial charge in [-0.25, -0.2) is 0 Å². The maximum absolute atomic E-state index is 12.5. The van der Waals surface area contributed by atoms with E-state index in [4.69, 9.17) is 0 Å². The molecular formula is C26H34N2O2. The molecule has 1 N–H and O–H groups in total. The van der Waals surface area contributed by atoms with Crippen molar-refractivity contribution in [3.63, 3.8) is 0 Å². The maximum atomic E-state index is 12.5. The maximum Gasteiger partial charge on any atom is 0.253 e. The second-order valence-electron chi connectivity index (χ2n) is 7.62. The number of hydrogen-bond donors (Lipinski definition) is 1. The standard InChI is InChI=1S/C26H34N2O2/c1-3-5-11-22(4-2)15-16-25(29)27-19-10-9-12-23-17-20-28(21-18-23)26(30)24-13-7-6-8-14-24/h3-8,11,13-16,23H,2,9-10,12,17-21H2,1H3,(H,27,29)/b5-3-,16-15+,22-11+. The summed E-state index contributed by atoms with van der Waals surface area (Å²) in [6, 6.07) is 9.52. The van der Waals surface area contributed by atoms with Crippen LogP contribution in [0, 0.1) is 5.92 Å². The van der Waals surface area contributed by atoms with Crippen LogP contribution >= 0.6 is 0 Å². The van der Waals surface area contributed by atoms with Crippen molar-refractivity contribution < 1.29 is 9.59 Å². The molecule has 1 saturated heterocycles. The van der Waals surface area contributed by atoms with E-state index in [9.17, 15) is 9.59 Å². The molecule has 0 saturated carbocycles. The summed E-state index contributed by atoms with van der Waals surface area (Å²) in [5, 5.41) is 2.94. The number of piperidine rings is 1. The lowest BCUT2D eigenvalue weighted by Gasteiger charge is -2.32. The number of likely N-dealkylation sites (tertiary alicyclic amines) is 1. The van der Waals surface area contributed by atoms with Gasteiger partial charge in [0.15, 0.2) is 0 Å². The lowest BCUT2D eigenvalue weighted by Crippen LogP contribution is -2.38. The fourth-order valence-corrected chi connectivity index (χ4v) is 3.59. The quantitative estimate of drug-likeness (QED) is 0.335. The van der Waals surface area contributed by atoms with E-state index in [1.54, 1.807) is 18.2 Å². The average molecular weight is 407 g/mol. The lowest BCUT2D eigenvalue weighted by molar-refractivity contribution is -0.116. The third kappa shape index (κ3) is 8.24. The van der Waals surface area contributed by atoms with Crippen LogP contribution in [0.15, 0.2) is 78.9 Å². The van der Waals surface area contributed by atoms with Gasteiger partial charge in [-0.1, -0.05) is 61.9 Å². The van der Waals surface area contributed by atoms with E-state index in [0.717, 1.165) is 56.3 Å². The predicted molar refractivity (Wildman–Crippen MR) is 124 cm³/mol. The Bertz CT molecular complexity index is 769. The van der Waals surface area contributed by atoms with E-state index in [2.05, 4.69) is 11.9 Å². The highest BCUT2D eigenvalue weighted by Crippen LogP contribution is 2.23. The molecule has 1 aliphatic heterocycles. The second-order valence-corrected chi connectivity index (χ2v) is 7.62. The number of unbranched alkanes of at least 4 members (excludes halogenated alkanes) is 1. The number of carbonyl (C=O) groups is 2. The lowest BCUT2D eigenvalue weighted by atomic mass is 9.91. The molecule has 4 heteroatoms. The first-order chi connectivity index (χ1) is 14.6. The Morgan fingerprint density at radius 2 is 1.87 bits per heavy atom. The molecule has 0 aliphatic carbocycles. The van der Waals surface area contributed by atoms with Gasteiger partial charge in [0.25, 0.3) is 5.91 Å². The molecule has 1 aliphatic rings. The van der Waals surface area contributed by atoms with E-state index >= 15 is 0 Å². The molecule has 0 spiro atoms. The first kappa shape index (κ1) is 23.4. The Kier molecular flexibility index (Phi) is 10.4. The molecular weight excluding hydrogens is 372 g/mol. The molecule has 0 radical (unpaired) electrons. The van der Waals surface area contributed by atoms with Crippen LogP contribution in [0.3, 0.4) is 0 Å². The zero-order chi connectivity index (χ0) is 21.6. The summed E-state index contributed by atoms with van der Waals surface area (Å²) in [6.07, 6.45) is 16.2. The minimum Gasteiger partial charge on any atom is -0.353 e. The molecule has 30 heavy (non-hydrogen) atoms. The van der Waals surface area contributed by atoms with Crippen molar-refractivity contribution in [3.05, 3.63) is 84.5 Å².